The number of rotatable bonds is 4. The van der Waals surface area contributed by atoms with Gasteiger partial charge in [-0.3, -0.25) is 4.90 Å². The van der Waals surface area contributed by atoms with Crippen LogP contribution in [0, 0.1) is 5.92 Å². The minimum absolute atomic E-state index is 0.715. The molecule has 1 fully saturated rings. The standard InChI is InChI=1S/C19H26N2S/c1-3-7-21-11-13(12-22-2)8-16-15-5-4-6-17-19(15)14(10-20-17)9-18(16)21/h4-6,10,13,16,18,20H,3,7-9,11-12H2,1-2H3/t13-,16+,18-/m1/s1. The van der Waals surface area contributed by atoms with Crippen molar-refractivity contribution in [1.82, 2.24) is 9.88 Å². The average molecular weight is 314 g/mol. The van der Waals surface area contributed by atoms with Crippen molar-refractivity contribution in [2.75, 3.05) is 25.1 Å². The average Bonchev–Trinajstić information content (AvgIpc) is 2.94. The van der Waals surface area contributed by atoms with Gasteiger partial charge in [-0.15, -0.1) is 0 Å². The lowest BCUT2D eigenvalue weighted by Gasteiger charge is -2.47. The minimum Gasteiger partial charge on any atom is -0.361 e. The van der Waals surface area contributed by atoms with E-state index in [1.165, 1.54) is 54.6 Å². The summed E-state index contributed by atoms with van der Waals surface area (Å²) in [6.45, 7) is 4.87. The summed E-state index contributed by atoms with van der Waals surface area (Å²) >= 11 is 2.01. The third-order valence-electron chi connectivity index (χ3n) is 5.57. The zero-order chi connectivity index (χ0) is 15.1. The van der Waals surface area contributed by atoms with Gasteiger partial charge in [-0.1, -0.05) is 19.1 Å². The van der Waals surface area contributed by atoms with Gasteiger partial charge in [0, 0.05) is 35.6 Å². The molecular weight excluding hydrogens is 288 g/mol. The molecule has 3 heteroatoms. The van der Waals surface area contributed by atoms with Crippen LogP contribution in [-0.2, 0) is 6.42 Å². The molecule has 1 aromatic carbocycles. The van der Waals surface area contributed by atoms with Crippen LogP contribution < -0.4 is 0 Å². The highest BCUT2D eigenvalue weighted by molar-refractivity contribution is 7.98. The molecule has 4 rings (SSSR count). The highest BCUT2D eigenvalue weighted by Crippen LogP contribution is 2.45. The first kappa shape index (κ1) is 14.6. The number of nitrogens with zero attached hydrogens (tertiary/aromatic N) is 1. The highest BCUT2D eigenvalue weighted by atomic mass is 32.2. The van der Waals surface area contributed by atoms with Gasteiger partial charge in [0.1, 0.15) is 0 Å². The van der Waals surface area contributed by atoms with Crippen molar-refractivity contribution < 1.29 is 0 Å². The number of fused-ring (bicyclic) bond motifs is 2. The Bertz CT molecular complexity index is 662. The monoisotopic (exact) mass is 314 g/mol. The predicted octanol–water partition coefficient (Wildman–Crippen LogP) is 4.27. The number of nitrogens with one attached hydrogen (secondary N) is 1. The molecule has 0 bridgehead atoms. The normalized spacial score (nSPS) is 28.0. The predicted molar refractivity (Wildman–Crippen MR) is 96.9 cm³/mol. The summed E-state index contributed by atoms with van der Waals surface area (Å²) in [6.07, 6.45) is 8.37. The van der Waals surface area contributed by atoms with E-state index >= 15 is 0 Å². The number of thioether (sulfide) groups is 1. The van der Waals surface area contributed by atoms with Crippen molar-refractivity contribution >= 4 is 22.7 Å². The fraction of sp³-hybridized carbons (Fsp3) is 0.579. The molecule has 1 aliphatic heterocycles. The van der Waals surface area contributed by atoms with Crippen LogP contribution >= 0.6 is 11.8 Å². The lowest BCUT2D eigenvalue weighted by Crippen LogP contribution is -2.50. The molecule has 1 aromatic heterocycles. The smallest absolute Gasteiger partial charge is 0.0459 e. The first-order valence-electron chi connectivity index (χ1n) is 8.63. The molecule has 2 aliphatic rings. The number of benzene rings is 1. The Balaban J connectivity index is 1.75. The van der Waals surface area contributed by atoms with Gasteiger partial charge in [-0.2, -0.15) is 11.8 Å². The molecule has 0 saturated carbocycles. The Labute approximate surface area is 137 Å². The van der Waals surface area contributed by atoms with Crippen molar-refractivity contribution in [3.05, 3.63) is 35.5 Å². The third-order valence-corrected chi connectivity index (χ3v) is 6.38. The second-order valence-corrected chi connectivity index (χ2v) is 7.92. The zero-order valence-corrected chi connectivity index (χ0v) is 14.5. The fourth-order valence-corrected chi connectivity index (χ4v) is 5.51. The first-order chi connectivity index (χ1) is 10.8. The molecule has 0 spiro atoms. The molecule has 0 amide bonds. The minimum atomic E-state index is 0.715. The van der Waals surface area contributed by atoms with E-state index in [1.54, 1.807) is 5.56 Å². The molecule has 1 aliphatic carbocycles. The highest BCUT2D eigenvalue weighted by Gasteiger charge is 2.40. The van der Waals surface area contributed by atoms with Crippen molar-refractivity contribution in [3.63, 3.8) is 0 Å². The summed E-state index contributed by atoms with van der Waals surface area (Å²) in [5.41, 5.74) is 4.48. The number of aromatic nitrogens is 1. The topological polar surface area (TPSA) is 19.0 Å². The molecule has 0 unspecified atom stereocenters. The van der Waals surface area contributed by atoms with E-state index in [0.717, 1.165) is 11.8 Å². The van der Waals surface area contributed by atoms with Crippen LogP contribution in [0.5, 0.6) is 0 Å². The second-order valence-electron chi connectivity index (χ2n) is 7.01. The van der Waals surface area contributed by atoms with Crippen LogP contribution in [-0.4, -0.2) is 41.0 Å². The van der Waals surface area contributed by atoms with E-state index in [9.17, 15) is 0 Å². The fourth-order valence-electron chi connectivity index (χ4n) is 4.80. The van der Waals surface area contributed by atoms with E-state index in [4.69, 9.17) is 0 Å². The third kappa shape index (κ3) is 2.30. The van der Waals surface area contributed by atoms with Gasteiger partial charge in [0.2, 0.25) is 0 Å². The Hall–Kier alpha value is -0.930. The number of aromatic amines is 1. The lowest BCUT2D eigenvalue weighted by atomic mass is 9.72. The number of piperidine rings is 1. The molecule has 1 saturated heterocycles. The summed E-state index contributed by atoms with van der Waals surface area (Å²) < 4.78 is 0. The van der Waals surface area contributed by atoms with Crippen LogP contribution in [0.15, 0.2) is 24.4 Å². The van der Waals surface area contributed by atoms with E-state index in [-0.39, 0.29) is 0 Å². The second kappa shape index (κ2) is 5.93. The van der Waals surface area contributed by atoms with Gasteiger partial charge in [-0.05, 0) is 60.9 Å². The summed E-state index contributed by atoms with van der Waals surface area (Å²) in [6, 6.07) is 7.58. The number of hydrogen-bond acceptors (Lipinski definition) is 2. The van der Waals surface area contributed by atoms with Crippen molar-refractivity contribution in [2.45, 2.75) is 38.1 Å². The number of H-pyrrole nitrogens is 1. The molecule has 118 valence electrons. The van der Waals surface area contributed by atoms with Crippen LogP contribution in [0.2, 0.25) is 0 Å². The van der Waals surface area contributed by atoms with Gasteiger partial charge in [0.15, 0.2) is 0 Å². The Kier molecular flexibility index (Phi) is 3.95. The summed E-state index contributed by atoms with van der Waals surface area (Å²) in [5.74, 6) is 2.88. The quantitative estimate of drug-likeness (QED) is 0.909. The summed E-state index contributed by atoms with van der Waals surface area (Å²) in [4.78, 5) is 6.29. The maximum Gasteiger partial charge on any atom is 0.0459 e. The van der Waals surface area contributed by atoms with Crippen LogP contribution in [0.1, 0.15) is 36.8 Å². The zero-order valence-electron chi connectivity index (χ0n) is 13.6. The molecule has 2 nitrogen and oxygen atoms in total. The van der Waals surface area contributed by atoms with Crippen LogP contribution in [0.25, 0.3) is 10.9 Å². The summed E-state index contributed by atoms with van der Waals surface area (Å²) in [7, 11) is 0. The van der Waals surface area contributed by atoms with Crippen molar-refractivity contribution in [3.8, 4) is 0 Å². The Morgan fingerprint density at radius 2 is 2.27 bits per heavy atom. The SMILES string of the molecule is CCCN1C[C@H](CSC)C[C@H]2c3cccc4[nH]cc(c34)C[C@H]21. The Morgan fingerprint density at radius 1 is 1.36 bits per heavy atom. The number of hydrogen-bond donors (Lipinski definition) is 1. The van der Waals surface area contributed by atoms with Gasteiger partial charge < -0.3 is 4.98 Å². The maximum absolute atomic E-state index is 3.49. The van der Waals surface area contributed by atoms with Crippen molar-refractivity contribution in [2.24, 2.45) is 5.92 Å². The molecule has 22 heavy (non-hydrogen) atoms. The van der Waals surface area contributed by atoms with Crippen LogP contribution in [0.3, 0.4) is 0 Å². The van der Waals surface area contributed by atoms with Gasteiger partial charge in [0.25, 0.3) is 0 Å². The van der Waals surface area contributed by atoms with Gasteiger partial charge >= 0.3 is 0 Å². The largest absolute Gasteiger partial charge is 0.361 e. The first-order valence-corrected chi connectivity index (χ1v) is 10.0. The maximum atomic E-state index is 3.49. The van der Waals surface area contributed by atoms with Crippen molar-refractivity contribution in [1.29, 1.82) is 0 Å². The van der Waals surface area contributed by atoms with E-state index in [1.807, 2.05) is 11.8 Å². The molecule has 2 aromatic rings. The molecule has 0 radical (unpaired) electrons. The van der Waals surface area contributed by atoms with Gasteiger partial charge in [0.05, 0.1) is 0 Å². The van der Waals surface area contributed by atoms with E-state index < -0.39 is 0 Å². The lowest BCUT2D eigenvalue weighted by molar-refractivity contribution is 0.0926. The van der Waals surface area contributed by atoms with E-state index in [0.29, 0.717) is 6.04 Å². The molecular formula is C19H26N2S. The Morgan fingerprint density at radius 3 is 3.09 bits per heavy atom. The van der Waals surface area contributed by atoms with Crippen LogP contribution in [0.4, 0.5) is 0 Å². The number of likely N-dealkylation sites (tertiary alicyclic amines) is 1. The van der Waals surface area contributed by atoms with Gasteiger partial charge in [-0.25, -0.2) is 0 Å². The van der Waals surface area contributed by atoms with E-state index in [2.05, 4.69) is 47.5 Å². The summed E-state index contributed by atoms with van der Waals surface area (Å²) in [5, 5.41) is 1.53. The molecule has 2 heterocycles. The molecule has 3 atom stereocenters. The molecule has 1 N–H and O–H groups in total.